The second-order valence-electron chi connectivity index (χ2n) is 4.70. The molecule has 0 bridgehead atoms. The highest BCUT2D eigenvalue weighted by atomic mass is 31.2. The summed E-state index contributed by atoms with van der Waals surface area (Å²) in [5, 5.41) is 16.1. The molecule has 22 heavy (non-hydrogen) atoms. The molecular formula is C9H19NO10P2. The molecule has 0 aromatic heterocycles. The van der Waals surface area contributed by atoms with Crippen molar-refractivity contribution in [3.8, 4) is 0 Å². The smallest absolute Gasteiger partial charge is 0.358 e. The number of nitrogens with one attached hydrogen (secondary N) is 1. The van der Waals surface area contributed by atoms with Crippen molar-refractivity contribution in [3.63, 3.8) is 0 Å². The molecule has 0 saturated carbocycles. The first kappa shape index (κ1) is 21.2. The van der Waals surface area contributed by atoms with E-state index in [0.717, 1.165) is 0 Å². The Balaban J connectivity index is 5.93. The van der Waals surface area contributed by atoms with Crippen molar-refractivity contribution in [2.45, 2.75) is 43.7 Å². The molecule has 0 heterocycles. The monoisotopic (exact) mass is 363 g/mol. The van der Waals surface area contributed by atoms with Crippen molar-refractivity contribution >= 4 is 27.1 Å². The average molecular weight is 363 g/mol. The van der Waals surface area contributed by atoms with Crippen LogP contribution >= 0.6 is 15.2 Å². The van der Waals surface area contributed by atoms with Crippen LogP contribution in [-0.4, -0.2) is 52.8 Å². The van der Waals surface area contributed by atoms with Gasteiger partial charge in [-0.05, 0) is 6.42 Å². The van der Waals surface area contributed by atoms with Crippen molar-refractivity contribution in [1.29, 1.82) is 0 Å². The van der Waals surface area contributed by atoms with Gasteiger partial charge in [-0.2, -0.15) is 0 Å². The van der Waals surface area contributed by atoms with E-state index in [1.165, 1.54) is 0 Å². The van der Waals surface area contributed by atoms with Crippen LogP contribution in [0.15, 0.2) is 0 Å². The molecule has 0 aromatic carbocycles. The van der Waals surface area contributed by atoms with Gasteiger partial charge in [-0.3, -0.25) is 24.0 Å². The predicted octanol–water partition coefficient (Wildman–Crippen LogP) is -0.297. The molecule has 1 unspecified atom stereocenters. The lowest BCUT2D eigenvalue weighted by Crippen LogP contribution is -2.51. The number of aliphatic carboxylic acids is 2. The Morgan fingerprint density at radius 3 is 1.77 bits per heavy atom. The van der Waals surface area contributed by atoms with Gasteiger partial charge in [-0.15, -0.1) is 0 Å². The van der Waals surface area contributed by atoms with Crippen molar-refractivity contribution in [2.24, 2.45) is 0 Å². The maximum atomic E-state index is 11.6. The van der Waals surface area contributed by atoms with Crippen LogP contribution in [0.4, 0.5) is 0 Å². The maximum absolute atomic E-state index is 11.6. The first-order valence-corrected chi connectivity index (χ1v) is 9.32. The summed E-state index contributed by atoms with van der Waals surface area (Å²) in [5.41, 5.74) is 0. The summed E-state index contributed by atoms with van der Waals surface area (Å²) in [7, 11) is -11.3. The van der Waals surface area contributed by atoms with E-state index in [1.807, 2.05) is 5.32 Å². The van der Waals surface area contributed by atoms with Crippen LogP contribution in [0.3, 0.4) is 0 Å². The Hall–Kier alpha value is -0.800. The molecule has 0 saturated heterocycles. The van der Waals surface area contributed by atoms with E-state index in [-0.39, 0.29) is 6.42 Å². The molecule has 7 N–H and O–H groups in total. The van der Waals surface area contributed by atoms with E-state index in [4.69, 9.17) is 10.2 Å². The fraction of sp³-hybridized carbons (Fsp3) is 0.778. The molecule has 0 radical (unpaired) electrons. The summed E-state index contributed by atoms with van der Waals surface area (Å²) < 4.78 is 23.2. The van der Waals surface area contributed by atoms with Crippen LogP contribution in [0.25, 0.3) is 0 Å². The number of carbonyl (C=O) groups is 2. The first-order chi connectivity index (χ1) is 9.76. The number of carboxylic acids is 2. The van der Waals surface area contributed by atoms with Gasteiger partial charge in [0.2, 0.25) is 5.02 Å². The fourth-order valence-electron chi connectivity index (χ4n) is 1.92. The molecule has 0 amide bonds. The van der Waals surface area contributed by atoms with Crippen LogP contribution in [0, 0.1) is 0 Å². The zero-order chi connectivity index (χ0) is 17.8. The third-order valence-electron chi connectivity index (χ3n) is 2.85. The standard InChI is InChI=1S/C9H19NO10P2/c1-2-3-6(4-7(11)12)10-9(5-8(13)14,21(15,16)17)22(18,19)20/h6,10H,2-5H2,1H3,(H,11,12)(H,13,14)(H2,15,16,17)(H2,18,19,20). The predicted molar refractivity (Wildman–Crippen MR) is 73.2 cm³/mol. The highest BCUT2D eigenvalue weighted by Gasteiger charge is 2.62. The Kier molecular flexibility index (Phi) is 7.37. The molecular weight excluding hydrogens is 344 g/mol. The van der Waals surface area contributed by atoms with Gasteiger partial charge < -0.3 is 29.8 Å². The van der Waals surface area contributed by atoms with Gasteiger partial charge in [0.25, 0.3) is 0 Å². The first-order valence-electron chi connectivity index (χ1n) is 6.09. The molecule has 0 rings (SSSR count). The summed E-state index contributed by atoms with van der Waals surface area (Å²) in [4.78, 5) is 58.8. The minimum Gasteiger partial charge on any atom is -0.481 e. The minimum absolute atomic E-state index is 0.0215. The molecule has 0 aromatic rings. The lowest BCUT2D eigenvalue weighted by atomic mass is 10.1. The molecule has 0 fully saturated rings. The van der Waals surface area contributed by atoms with Crippen molar-refractivity contribution < 1.29 is 48.5 Å². The van der Waals surface area contributed by atoms with Crippen LogP contribution in [0.1, 0.15) is 32.6 Å². The van der Waals surface area contributed by atoms with Crippen LogP contribution in [-0.2, 0) is 18.7 Å². The maximum Gasteiger partial charge on any atom is 0.358 e. The van der Waals surface area contributed by atoms with Gasteiger partial charge in [0.05, 0.1) is 12.8 Å². The number of hydrogen-bond donors (Lipinski definition) is 7. The van der Waals surface area contributed by atoms with Gasteiger partial charge in [-0.1, -0.05) is 13.3 Å². The summed E-state index contributed by atoms with van der Waals surface area (Å²) in [6.45, 7) is 1.62. The Morgan fingerprint density at radius 2 is 1.50 bits per heavy atom. The van der Waals surface area contributed by atoms with Crippen LogP contribution in [0.5, 0.6) is 0 Å². The molecule has 0 spiro atoms. The van der Waals surface area contributed by atoms with Crippen molar-refractivity contribution in [3.05, 3.63) is 0 Å². The third-order valence-corrected chi connectivity index (χ3v) is 6.92. The van der Waals surface area contributed by atoms with Gasteiger partial charge in [0, 0.05) is 6.04 Å². The van der Waals surface area contributed by atoms with E-state index < -0.39 is 51.0 Å². The van der Waals surface area contributed by atoms with Gasteiger partial charge >= 0.3 is 27.1 Å². The van der Waals surface area contributed by atoms with Gasteiger partial charge in [-0.25, -0.2) is 0 Å². The SMILES string of the molecule is CCCC(CC(=O)O)NC(CC(=O)O)(P(=O)(O)O)P(=O)(O)O. The molecule has 13 heteroatoms. The topological polar surface area (TPSA) is 202 Å². The zero-order valence-electron chi connectivity index (χ0n) is 11.6. The normalized spacial score (nSPS) is 14.6. The summed E-state index contributed by atoms with van der Waals surface area (Å²) in [6, 6.07) is -1.22. The van der Waals surface area contributed by atoms with Gasteiger partial charge in [0.1, 0.15) is 0 Å². The van der Waals surface area contributed by atoms with Crippen molar-refractivity contribution in [2.75, 3.05) is 0 Å². The lowest BCUT2D eigenvalue weighted by Gasteiger charge is -2.37. The second-order valence-corrected chi connectivity index (χ2v) is 8.76. The van der Waals surface area contributed by atoms with Crippen molar-refractivity contribution in [1.82, 2.24) is 5.32 Å². The summed E-state index contributed by atoms with van der Waals surface area (Å²) >= 11 is 0. The zero-order valence-corrected chi connectivity index (χ0v) is 13.4. The van der Waals surface area contributed by atoms with E-state index in [2.05, 4.69) is 0 Å². The quantitative estimate of drug-likeness (QED) is 0.251. The van der Waals surface area contributed by atoms with Crippen LogP contribution in [0.2, 0.25) is 0 Å². The third kappa shape index (κ3) is 5.44. The molecule has 0 aliphatic heterocycles. The van der Waals surface area contributed by atoms with E-state index >= 15 is 0 Å². The molecule has 0 aliphatic carbocycles. The number of hydrogen-bond acceptors (Lipinski definition) is 5. The Bertz CT molecular complexity index is 487. The Morgan fingerprint density at radius 1 is 1.05 bits per heavy atom. The van der Waals surface area contributed by atoms with Gasteiger partial charge in [0.15, 0.2) is 0 Å². The Labute approximate surface area is 125 Å². The minimum atomic E-state index is -5.65. The second kappa shape index (κ2) is 7.65. The van der Waals surface area contributed by atoms with Crippen LogP contribution < -0.4 is 5.32 Å². The largest absolute Gasteiger partial charge is 0.481 e. The molecule has 130 valence electrons. The van der Waals surface area contributed by atoms with E-state index in [0.29, 0.717) is 6.42 Å². The fourth-order valence-corrected chi connectivity index (χ4v) is 4.66. The highest BCUT2D eigenvalue weighted by Crippen LogP contribution is 2.69. The summed E-state index contributed by atoms with van der Waals surface area (Å²) in [5.74, 6) is -3.23. The molecule has 11 nitrogen and oxygen atoms in total. The molecule has 0 aliphatic rings. The highest BCUT2D eigenvalue weighted by molar-refractivity contribution is 7.72. The van der Waals surface area contributed by atoms with E-state index in [9.17, 15) is 38.3 Å². The molecule has 1 atom stereocenters. The lowest BCUT2D eigenvalue weighted by molar-refractivity contribution is -0.137. The number of carboxylic acid groups (broad SMARTS) is 2. The summed E-state index contributed by atoms with van der Waals surface area (Å²) in [6.07, 6.45) is -1.89. The van der Waals surface area contributed by atoms with E-state index in [1.54, 1.807) is 6.92 Å². The number of rotatable bonds is 10. The average Bonchev–Trinajstić information content (AvgIpc) is 2.23.